The molecule has 0 radical (unpaired) electrons. The van der Waals surface area contributed by atoms with Crippen LogP contribution in [-0.2, 0) is 0 Å². The number of nitrogen functional groups attached to an aromatic ring is 1. The number of nitrogens with one attached hydrogen (secondary N) is 2. The first kappa shape index (κ1) is 14.4. The van der Waals surface area contributed by atoms with Gasteiger partial charge in [0, 0.05) is 6.04 Å². The predicted molar refractivity (Wildman–Crippen MR) is 83.9 cm³/mol. The molecule has 1 heterocycles. The van der Waals surface area contributed by atoms with Gasteiger partial charge < -0.3 is 16.0 Å². The third-order valence-electron chi connectivity index (χ3n) is 3.67. The number of aromatic amines is 1. The number of H-pyrrole nitrogens is 1. The van der Waals surface area contributed by atoms with E-state index in [0.29, 0.717) is 28.6 Å². The van der Waals surface area contributed by atoms with Crippen molar-refractivity contribution in [3.8, 4) is 0 Å². The Labute approximate surface area is 118 Å². The Bertz CT molecular complexity index is 650. The van der Waals surface area contributed by atoms with E-state index < -0.39 is 0 Å². The van der Waals surface area contributed by atoms with Crippen molar-refractivity contribution in [3.05, 3.63) is 28.8 Å². The van der Waals surface area contributed by atoms with Crippen LogP contribution in [0.4, 0.5) is 11.4 Å². The summed E-state index contributed by atoms with van der Waals surface area (Å²) in [5.74, 6) is 0.667. The average Bonchev–Trinajstić information content (AvgIpc) is 2.40. The van der Waals surface area contributed by atoms with Crippen molar-refractivity contribution in [1.82, 2.24) is 9.97 Å². The van der Waals surface area contributed by atoms with E-state index in [4.69, 9.17) is 5.73 Å². The van der Waals surface area contributed by atoms with Crippen molar-refractivity contribution in [1.29, 1.82) is 0 Å². The van der Waals surface area contributed by atoms with Crippen LogP contribution >= 0.6 is 0 Å². The van der Waals surface area contributed by atoms with Gasteiger partial charge in [0.1, 0.15) is 0 Å². The van der Waals surface area contributed by atoms with Crippen molar-refractivity contribution in [3.63, 3.8) is 0 Å². The molecule has 2 unspecified atom stereocenters. The minimum absolute atomic E-state index is 0.166. The van der Waals surface area contributed by atoms with E-state index >= 15 is 0 Å². The molecule has 2 aromatic rings. The smallest absolute Gasteiger partial charge is 0.258 e. The molecule has 0 spiro atoms. The second-order valence-electron chi connectivity index (χ2n) is 5.48. The maximum atomic E-state index is 11.7. The maximum absolute atomic E-state index is 11.7. The van der Waals surface area contributed by atoms with E-state index in [2.05, 4.69) is 36.1 Å². The molecular weight excluding hydrogens is 252 g/mol. The summed E-state index contributed by atoms with van der Waals surface area (Å²) in [7, 11) is 0. The molecule has 2 atom stereocenters. The number of anilines is 2. The zero-order chi connectivity index (χ0) is 14.7. The third-order valence-corrected chi connectivity index (χ3v) is 3.67. The monoisotopic (exact) mass is 274 g/mol. The van der Waals surface area contributed by atoms with Crippen LogP contribution in [0.2, 0.25) is 0 Å². The van der Waals surface area contributed by atoms with Gasteiger partial charge in [-0.05, 0) is 31.4 Å². The summed E-state index contributed by atoms with van der Waals surface area (Å²) >= 11 is 0. The minimum Gasteiger partial charge on any atom is -0.397 e. The molecule has 4 N–H and O–H groups in total. The molecule has 0 saturated carbocycles. The first-order valence-corrected chi connectivity index (χ1v) is 7.04. The van der Waals surface area contributed by atoms with Crippen molar-refractivity contribution in [2.45, 2.75) is 39.7 Å². The summed E-state index contributed by atoms with van der Waals surface area (Å²) in [5, 5.41) is 3.93. The van der Waals surface area contributed by atoms with E-state index in [0.717, 1.165) is 18.5 Å². The number of benzene rings is 1. The van der Waals surface area contributed by atoms with Crippen molar-refractivity contribution >= 4 is 22.3 Å². The topological polar surface area (TPSA) is 83.8 Å². The molecule has 20 heavy (non-hydrogen) atoms. The normalized spacial score (nSPS) is 14.2. The molecule has 0 aliphatic rings. The van der Waals surface area contributed by atoms with Gasteiger partial charge in [-0.15, -0.1) is 0 Å². The first-order valence-electron chi connectivity index (χ1n) is 7.04. The Balaban J connectivity index is 2.26. The van der Waals surface area contributed by atoms with Gasteiger partial charge in [0.15, 0.2) is 0 Å². The molecule has 1 aromatic heterocycles. The standard InChI is InChI=1S/C15H22N4O/c1-4-9(2)5-10(3)19-14-7-13-11(6-12(14)16)15(20)18-8-17-13/h6-10,19H,4-5,16H2,1-3H3,(H,17,18,20). The Morgan fingerprint density at radius 1 is 1.40 bits per heavy atom. The van der Waals surface area contributed by atoms with Crippen LogP contribution in [0.15, 0.2) is 23.3 Å². The zero-order valence-corrected chi connectivity index (χ0v) is 12.2. The molecule has 0 fully saturated rings. The largest absolute Gasteiger partial charge is 0.397 e. The fraction of sp³-hybridized carbons (Fsp3) is 0.467. The maximum Gasteiger partial charge on any atom is 0.258 e. The summed E-state index contributed by atoms with van der Waals surface area (Å²) in [6.45, 7) is 6.57. The quantitative estimate of drug-likeness (QED) is 0.732. The van der Waals surface area contributed by atoms with Gasteiger partial charge in [0.25, 0.3) is 5.56 Å². The van der Waals surface area contributed by atoms with Crippen LogP contribution in [-0.4, -0.2) is 16.0 Å². The van der Waals surface area contributed by atoms with Crippen LogP contribution < -0.4 is 16.6 Å². The number of hydrogen-bond acceptors (Lipinski definition) is 4. The second kappa shape index (κ2) is 5.94. The molecule has 0 amide bonds. The van der Waals surface area contributed by atoms with Gasteiger partial charge in [0.05, 0.1) is 28.6 Å². The number of nitrogens with zero attached hydrogens (tertiary/aromatic N) is 1. The Morgan fingerprint density at radius 3 is 2.85 bits per heavy atom. The highest BCUT2D eigenvalue weighted by atomic mass is 16.1. The van der Waals surface area contributed by atoms with E-state index in [1.807, 2.05) is 6.07 Å². The van der Waals surface area contributed by atoms with Gasteiger partial charge in [-0.25, -0.2) is 4.98 Å². The van der Waals surface area contributed by atoms with Gasteiger partial charge >= 0.3 is 0 Å². The number of fused-ring (bicyclic) bond motifs is 1. The molecule has 1 aromatic carbocycles. The van der Waals surface area contributed by atoms with Crippen molar-refractivity contribution < 1.29 is 0 Å². The van der Waals surface area contributed by atoms with E-state index in [1.165, 1.54) is 6.33 Å². The van der Waals surface area contributed by atoms with Crippen LogP contribution in [0.25, 0.3) is 10.9 Å². The van der Waals surface area contributed by atoms with Crippen molar-refractivity contribution in [2.24, 2.45) is 5.92 Å². The van der Waals surface area contributed by atoms with Crippen molar-refractivity contribution in [2.75, 3.05) is 11.1 Å². The number of aromatic nitrogens is 2. The highest BCUT2D eigenvalue weighted by Gasteiger charge is 2.10. The van der Waals surface area contributed by atoms with Gasteiger partial charge in [0.2, 0.25) is 0 Å². The second-order valence-corrected chi connectivity index (χ2v) is 5.48. The minimum atomic E-state index is -0.166. The predicted octanol–water partition coefficient (Wildman–Crippen LogP) is 2.74. The number of rotatable bonds is 5. The molecule has 5 nitrogen and oxygen atoms in total. The fourth-order valence-electron chi connectivity index (χ4n) is 2.35. The molecular formula is C15H22N4O. The molecule has 2 rings (SSSR count). The number of hydrogen-bond donors (Lipinski definition) is 3. The molecule has 5 heteroatoms. The zero-order valence-electron chi connectivity index (χ0n) is 12.2. The molecule has 0 saturated heterocycles. The lowest BCUT2D eigenvalue weighted by Gasteiger charge is -2.20. The Morgan fingerprint density at radius 2 is 2.15 bits per heavy atom. The summed E-state index contributed by atoms with van der Waals surface area (Å²) < 4.78 is 0. The molecule has 0 bridgehead atoms. The SMILES string of the molecule is CCC(C)CC(C)Nc1cc2nc[nH]c(=O)c2cc1N. The highest BCUT2D eigenvalue weighted by molar-refractivity contribution is 5.88. The molecule has 0 aliphatic carbocycles. The fourth-order valence-corrected chi connectivity index (χ4v) is 2.35. The lowest BCUT2D eigenvalue weighted by Crippen LogP contribution is -2.19. The van der Waals surface area contributed by atoms with Gasteiger partial charge in [-0.3, -0.25) is 4.79 Å². The third kappa shape index (κ3) is 3.10. The number of nitrogens with two attached hydrogens (primary N) is 1. The lowest BCUT2D eigenvalue weighted by molar-refractivity contribution is 0.484. The van der Waals surface area contributed by atoms with Crippen LogP contribution in [0.1, 0.15) is 33.6 Å². The van der Waals surface area contributed by atoms with E-state index in [9.17, 15) is 4.79 Å². The van der Waals surface area contributed by atoms with E-state index in [-0.39, 0.29) is 5.56 Å². The summed E-state index contributed by atoms with van der Waals surface area (Å²) in [4.78, 5) is 18.4. The molecule has 0 aliphatic heterocycles. The van der Waals surface area contributed by atoms with Gasteiger partial charge in [-0.2, -0.15) is 0 Å². The molecule has 108 valence electrons. The summed E-state index contributed by atoms with van der Waals surface area (Å²) in [6.07, 6.45) is 3.65. The van der Waals surface area contributed by atoms with Crippen LogP contribution in [0.3, 0.4) is 0 Å². The Kier molecular flexibility index (Phi) is 4.27. The summed E-state index contributed by atoms with van der Waals surface area (Å²) in [6, 6.07) is 3.85. The van der Waals surface area contributed by atoms with Gasteiger partial charge in [-0.1, -0.05) is 20.3 Å². The van der Waals surface area contributed by atoms with Crippen LogP contribution in [0, 0.1) is 5.92 Å². The average molecular weight is 274 g/mol. The van der Waals surface area contributed by atoms with E-state index in [1.54, 1.807) is 6.07 Å². The van der Waals surface area contributed by atoms with Crippen LogP contribution in [0.5, 0.6) is 0 Å². The first-order chi connectivity index (χ1) is 9.51. The summed E-state index contributed by atoms with van der Waals surface area (Å²) in [5.41, 5.74) is 7.93. The Hall–Kier alpha value is -2.04. The highest BCUT2D eigenvalue weighted by Crippen LogP contribution is 2.24. The lowest BCUT2D eigenvalue weighted by atomic mass is 10.00.